The fraction of sp³-hybridized carbons (Fsp3) is 0.500. The Kier molecular flexibility index (Phi) is 6.27. The van der Waals surface area contributed by atoms with Gasteiger partial charge in [-0.1, -0.05) is 84.4 Å². The molecule has 1 atom stereocenters. The summed E-state index contributed by atoms with van der Waals surface area (Å²) in [4.78, 5) is 0. The van der Waals surface area contributed by atoms with Gasteiger partial charge in [0.1, 0.15) is 0 Å². The Balaban J connectivity index is 2.48. The molecule has 0 heterocycles. The van der Waals surface area contributed by atoms with E-state index < -0.39 is 0 Å². The molecule has 0 N–H and O–H groups in total. The first kappa shape index (κ1) is 18.8. The van der Waals surface area contributed by atoms with E-state index in [1.165, 1.54) is 39.8 Å². The molecule has 0 nitrogen and oxygen atoms in total. The van der Waals surface area contributed by atoms with Gasteiger partial charge in [-0.05, 0) is 64.5 Å². The Labute approximate surface area is 149 Å². The normalized spacial score (nSPS) is 12.9. The molecular formula is C24H34. The van der Waals surface area contributed by atoms with Crippen LogP contribution < -0.4 is 0 Å². The monoisotopic (exact) mass is 322 g/mol. The zero-order valence-electron chi connectivity index (χ0n) is 16.6. The van der Waals surface area contributed by atoms with Crippen molar-refractivity contribution in [3.63, 3.8) is 0 Å². The van der Waals surface area contributed by atoms with E-state index in [4.69, 9.17) is 0 Å². The van der Waals surface area contributed by atoms with Gasteiger partial charge in [-0.3, -0.25) is 0 Å². The topological polar surface area (TPSA) is 0 Å². The standard InChI is InChI=1S/C24H34/c1-8-9-22-14-18(6)23(17(4)5)15-24(22)21-12-10-20(11-13-21)19(7)16(2)3/h10-17,19H,8-9H2,1-7H3. The summed E-state index contributed by atoms with van der Waals surface area (Å²) in [6.45, 7) is 16.0. The molecule has 2 aromatic rings. The summed E-state index contributed by atoms with van der Waals surface area (Å²) in [6, 6.07) is 14.1. The van der Waals surface area contributed by atoms with Crippen LogP contribution in [0.2, 0.25) is 0 Å². The molecule has 0 spiro atoms. The van der Waals surface area contributed by atoms with Crippen LogP contribution in [-0.4, -0.2) is 0 Å². The van der Waals surface area contributed by atoms with Crippen molar-refractivity contribution in [3.05, 3.63) is 58.7 Å². The van der Waals surface area contributed by atoms with Gasteiger partial charge >= 0.3 is 0 Å². The first-order chi connectivity index (χ1) is 11.3. The molecule has 0 aliphatic rings. The molecule has 2 aromatic carbocycles. The second-order valence-corrected chi connectivity index (χ2v) is 7.93. The van der Waals surface area contributed by atoms with Crippen molar-refractivity contribution in [3.8, 4) is 11.1 Å². The summed E-state index contributed by atoms with van der Waals surface area (Å²) in [7, 11) is 0. The highest BCUT2D eigenvalue weighted by Gasteiger charge is 2.13. The van der Waals surface area contributed by atoms with Crippen LogP contribution >= 0.6 is 0 Å². The van der Waals surface area contributed by atoms with Crippen molar-refractivity contribution < 1.29 is 0 Å². The third kappa shape index (κ3) is 4.09. The lowest BCUT2D eigenvalue weighted by atomic mass is 9.86. The minimum absolute atomic E-state index is 0.569. The molecule has 0 bridgehead atoms. The van der Waals surface area contributed by atoms with Crippen LogP contribution in [0, 0.1) is 12.8 Å². The predicted molar refractivity (Wildman–Crippen MR) is 108 cm³/mol. The predicted octanol–water partition coefficient (Wildman–Crippen LogP) is 7.50. The zero-order valence-corrected chi connectivity index (χ0v) is 16.6. The van der Waals surface area contributed by atoms with Gasteiger partial charge in [0.25, 0.3) is 0 Å². The van der Waals surface area contributed by atoms with Gasteiger partial charge in [0.15, 0.2) is 0 Å². The average Bonchev–Trinajstić information content (AvgIpc) is 2.54. The van der Waals surface area contributed by atoms with Crippen LogP contribution in [0.1, 0.15) is 82.1 Å². The lowest BCUT2D eigenvalue weighted by molar-refractivity contribution is 0.535. The highest BCUT2D eigenvalue weighted by atomic mass is 14.2. The third-order valence-corrected chi connectivity index (χ3v) is 5.38. The summed E-state index contributed by atoms with van der Waals surface area (Å²) in [5.41, 5.74) is 8.63. The third-order valence-electron chi connectivity index (χ3n) is 5.38. The molecule has 24 heavy (non-hydrogen) atoms. The van der Waals surface area contributed by atoms with Crippen molar-refractivity contribution in [1.82, 2.24) is 0 Å². The summed E-state index contributed by atoms with van der Waals surface area (Å²) < 4.78 is 0. The Morgan fingerprint density at radius 1 is 0.875 bits per heavy atom. The lowest BCUT2D eigenvalue weighted by Crippen LogP contribution is -2.02. The maximum Gasteiger partial charge on any atom is -0.0149 e. The van der Waals surface area contributed by atoms with E-state index in [1.807, 2.05) is 0 Å². The molecule has 0 aliphatic heterocycles. The van der Waals surface area contributed by atoms with E-state index in [1.54, 1.807) is 0 Å². The summed E-state index contributed by atoms with van der Waals surface area (Å²) >= 11 is 0. The maximum absolute atomic E-state index is 2.44. The van der Waals surface area contributed by atoms with Crippen molar-refractivity contribution in [2.45, 2.75) is 73.1 Å². The Bertz CT molecular complexity index is 659. The number of hydrogen-bond donors (Lipinski definition) is 0. The van der Waals surface area contributed by atoms with Crippen LogP contribution in [0.5, 0.6) is 0 Å². The quantitative estimate of drug-likeness (QED) is 0.516. The van der Waals surface area contributed by atoms with Gasteiger partial charge in [-0.2, -0.15) is 0 Å². The summed E-state index contributed by atoms with van der Waals surface area (Å²) in [5, 5.41) is 0. The Hall–Kier alpha value is -1.56. The van der Waals surface area contributed by atoms with E-state index in [-0.39, 0.29) is 0 Å². The van der Waals surface area contributed by atoms with Gasteiger partial charge in [0.2, 0.25) is 0 Å². The van der Waals surface area contributed by atoms with Crippen LogP contribution in [0.4, 0.5) is 0 Å². The van der Waals surface area contributed by atoms with Gasteiger partial charge < -0.3 is 0 Å². The van der Waals surface area contributed by atoms with Crippen molar-refractivity contribution in [2.24, 2.45) is 5.92 Å². The smallest absolute Gasteiger partial charge is 0.0149 e. The number of aryl methyl sites for hydroxylation is 2. The molecular weight excluding hydrogens is 288 g/mol. The molecule has 130 valence electrons. The van der Waals surface area contributed by atoms with Crippen molar-refractivity contribution in [2.75, 3.05) is 0 Å². The molecule has 0 saturated carbocycles. The molecule has 0 aliphatic carbocycles. The first-order valence-electron chi connectivity index (χ1n) is 9.58. The van der Waals surface area contributed by atoms with Gasteiger partial charge in [0, 0.05) is 0 Å². The van der Waals surface area contributed by atoms with Crippen molar-refractivity contribution in [1.29, 1.82) is 0 Å². The van der Waals surface area contributed by atoms with E-state index in [2.05, 4.69) is 84.9 Å². The van der Waals surface area contributed by atoms with Crippen LogP contribution in [0.3, 0.4) is 0 Å². The molecule has 0 heteroatoms. The highest BCUT2D eigenvalue weighted by molar-refractivity contribution is 5.69. The Morgan fingerprint density at radius 3 is 2.00 bits per heavy atom. The Morgan fingerprint density at radius 2 is 1.50 bits per heavy atom. The number of hydrogen-bond acceptors (Lipinski definition) is 0. The molecule has 2 rings (SSSR count). The van der Waals surface area contributed by atoms with Crippen LogP contribution in [0.15, 0.2) is 36.4 Å². The second kappa shape index (κ2) is 8.01. The molecule has 1 unspecified atom stereocenters. The number of rotatable bonds is 6. The fourth-order valence-corrected chi connectivity index (χ4v) is 3.50. The summed E-state index contributed by atoms with van der Waals surface area (Å²) in [6.07, 6.45) is 2.34. The number of benzene rings is 2. The molecule has 0 aromatic heterocycles. The van der Waals surface area contributed by atoms with Gasteiger partial charge in [-0.15, -0.1) is 0 Å². The van der Waals surface area contributed by atoms with Crippen LogP contribution in [-0.2, 0) is 6.42 Å². The average molecular weight is 323 g/mol. The van der Waals surface area contributed by atoms with Gasteiger partial charge in [-0.25, -0.2) is 0 Å². The van der Waals surface area contributed by atoms with E-state index in [9.17, 15) is 0 Å². The van der Waals surface area contributed by atoms with Crippen LogP contribution in [0.25, 0.3) is 11.1 Å². The minimum Gasteiger partial charge on any atom is -0.0651 e. The maximum atomic E-state index is 2.44. The zero-order chi connectivity index (χ0) is 17.9. The molecule has 0 radical (unpaired) electrons. The fourth-order valence-electron chi connectivity index (χ4n) is 3.50. The van der Waals surface area contributed by atoms with E-state index in [0.717, 1.165) is 6.42 Å². The highest BCUT2D eigenvalue weighted by Crippen LogP contribution is 2.33. The summed E-state index contributed by atoms with van der Waals surface area (Å²) in [5.74, 6) is 1.86. The minimum atomic E-state index is 0.569. The molecule has 0 amide bonds. The largest absolute Gasteiger partial charge is 0.0651 e. The van der Waals surface area contributed by atoms with Gasteiger partial charge in [0.05, 0.1) is 0 Å². The second-order valence-electron chi connectivity index (χ2n) is 7.93. The molecule has 0 fully saturated rings. The SMILES string of the molecule is CCCc1cc(C)c(C(C)C)cc1-c1ccc(C(C)C(C)C)cc1. The van der Waals surface area contributed by atoms with E-state index >= 15 is 0 Å². The first-order valence-corrected chi connectivity index (χ1v) is 9.58. The van der Waals surface area contributed by atoms with Crippen molar-refractivity contribution >= 4 is 0 Å². The molecule has 0 saturated heterocycles. The van der Waals surface area contributed by atoms with E-state index in [0.29, 0.717) is 17.8 Å². The lowest BCUT2D eigenvalue weighted by Gasteiger charge is -2.19.